The minimum Gasteiger partial charge on any atom is -0.490 e. The molecule has 0 radical (unpaired) electrons. The summed E-state index contributed by atoms with van der Waals surface area (Å²) < 4.78 is 53.8. The van der Waals surface area contributed by atoms with E-state index in [9.17, 15) is 18.0 Å². The first-order valence-electron chi connectivity index (χ1n) is 12.8. The maximum Gasteiger partial charge on any atom is 0.416 e. The quantitative estimate of drug-likeness (QED) is 0.153. The predicted molar refractivity (Wildman–Crippen MR) is 166 cm³/mol. The summed E-state index contributed by atoms with van der Waals surface area (Å²) in [6, 6.07) is 19.6. The van der Waals surface area contributed by atoms with Crippen LogP contribution in [0.25, 0.3) is 22.3 Å². The summed E-state index contributed by atoms with van der Waals surface area (Å²) in [6.45, 7) is 2.29. The zero-order valence-corrected chi connectivity index (χ0v) is 25.4. The van der Waals surface area contributed by atoms with Crippen LogP contribution >= 0.6 is 39.1 Å². The Kier molecular flexibility index (Phi) is 9.10. The van der Waals surface area contributed by atoms with Crippen LogP contribution in [-0.2, 0) is 12.8 Å². The Bertz CT molecular complexity index is 1910. The number of hydrogen-bond donors (Lipinski definition) is 0. The molecule has 5 rings (SSSR count). The van der Waals surface area contributed by atoms with Gasteiger partial charge in [-0.05, 0) is 76.9 Å². The Morgan fingerprint density at radius 3 is 2.53 bits per heavy atom. The van der Waals surface area contributed by atoms with Gasteiger partial charge in [-0.15, -0.1) is 0 Å². The molecule has 6 nitrogen and oxygen atoms in total. The van der Waals surface area contributed by atoms with Crippen molar-refractivity contribution in [3.05, 3.63) is 120 Å². The second-order valence-corrected chi connectivity index (χ2v) is 10.9. The number of ether oxygens (including phenoxy) is 2. The molecule has 0 aliphatic heterocycles. The van der Waals surface area contributed by atoms with Crippen LogP contribution in [0.4, 0.5) is 13.2 Å². The van der Waals surface area contributed by atoms with Crippen LogP contribution in [0.1, 0.15) is 23.6 Å². The van der Waals surface area contributed by atoms with Gasteiger partial charge in [0.25, 0.3) is 5.56 Å². The van der Waals surface area contributed by atoms with Crippen molar-refractivity contribution < 1.29 is 22.6 Å². The number of benzene rings is 4. The lowest BCUT2D eigenvalue weighted by Crippen LogP contribution is -2.20. The van der Waals surface area contributed by atoms with Crippen molar-refractivity contribution in [1.82, 2.24) is 9.66 Å². The number of hydrogen-bond acceptors (Lipinski definition) is 5. The van der Waals surface area contributed by atoms with E-state index < -0.39 is 17.3 Å². The van der Waals surface area contributed by atoms with E-state index in [0.29, 0.717) is 43.7 Å². The molecule has 0 amide bonds. The van der Waals surface area contributed by atoms with Gasteiger partial charge in [0.2, 0.25) is 0 Å². The summed E-state index contributed by atoms with van der Waals surface area (Å²) >= 11 is 15.8. The van der Waals surface area contributed by atoms with Crippen LogP contribution in [-0.4, -0.2) is 22.5 Å². The fourth-order valence-electron chi connectivity index (χ4n) is 4.23. The van der Waals surface area contributed by atoms with Crippen LogP contribution in [0, 0.1) is 0 Å². The largest absolute Gasteiger partial charge is 0.490 e. The van der Waals surface area contributed by atoms with Gasteiger partial charge in [-0.3, -0.25) is 4.79 Å². The summed E-state index contributed by atoms with van der Waals surface area (Å²) in [4.78, 5) is 18.0. The molecule has 0 unspecified atom stereocenters. The molecule has 0 N–H and O–H groups in total. The van der Waals surface area contributed by atoms with E-state index in [1.54, 1.807) is 54.6 Å². The first-order valence-corrected chi connectivity index (χ1v) is 14.4. The number of fused-ring (bicyclic) bond motifs is 1. The van der Waals surface area contributed by atoms with Gasteiger partial charge in [-0.2, -0.15) is 22.9 Å². The van der Waals surface area contributed by atoms with Crippen molar-refractivity contribution in [1.29, 1.82) is 0 Å². The molecule has 220 valence electrons. The fraction of sp³-hybridized carbons (Fsp3) is 0.129. The lowest BCUT2D eigenvalue weighted by atomic mass is 10.1. The molecule has 4 aromatic carbocycles. The van der Waals surface area contributed by atoms with E-state index in [-0.39, 0.29) is 23.4 Å². The third-order valence-electron chi connectivity index (χ3n) is 6.24. The molecule has 12 heteroatoms. The van der Waals surface area contributed by atoms with Crippen molar-refractivity contribution >= 4 is 56.2 Å². The Balaban J connectivity index is 1.55. The summed E-state index contributed by atoms with van der Waals surface area (Å²) in [7, 11) is 0. The summed E-state index contributed by atoms with van der Waals surface area (Å²) in [5.41, 5.74) is 0.228. The molecule has 0 bridgehead atoms. The number of rotatable bonds is 8. The monoisotopic (exact) mass is 689 g/mol. The zero-order valence-electron chi connectivity index (χ0n) is 22.3. The van der Waals surface area contributed by atoms with Crippen LogP contribution in [0.2, 0.25) is 10.0 Å². The van der Waals surface area contributed by atoms with Crippen molar-refractivity contribution in [3.8, 4) is 22.9 Å². The average Bonchev–Trinajstić information content (AvgIpc) is 2.97. The molecular formula is C31H21BrCl2F3N3O3. The second kappa shape index (κ2) is 12.8. The van der Waals surface area contributed by atoms with Gasteiger partial charge >= 0.3 is 6.18 Å². The molecule has 1 heterocycles. The van der Waals surface area contributed by atoms with Crippen molar-refractivity contribution in [2.24, 2.45) is 5.10 Å². The Morgan fingerprint density at radius 1 is 1.00 bits per heavy atom. The first kappa shape index (κ1) is 30.6. The topological polar surface area (TPSA) is 65.7 Å². The number of alkyl halides is 3. The molecular weight excluding hydrogens is 670 g/mol. The standard InChI is InChI=1S/C31H21BrCl2F3N3O3/c1-2-42-27-13-18(12-24(32)28(27)43-17-20-10-11-22(33)15-25(20)34)16-38-40-29(19-6-5-7-21(14-19)31(35,36)37)39-26-9-4-3-8-23(26)30(40)41/h3-16H,2,17H2,1H3. The van der Waals surface area contributed by atoms with E-state index in [2.05, 4.69) is 26.0 Å². The number of nitrogens with zero attached hydrogens (tertiary/aromatic N) is 3. The molecule has 0 fully saturated rings. The average molecular weight is 691 g/mol. The third-order valence-corrected chi connectivity index (χ3v) is 7.42. The maximum atomic E-state index is 13.5. The summed E-state index contributed by atoms with van der Waals surface area (Å²) in [6.07, 6.45) is -3.19. The lowest BCUT2D eigenvalue weighted by molar-refractivity contribution is -0.137. The van der Waals surface area contributed by atoms with Gasteiger partial charge in [0.15, 0.2) is 17.3 Å². The molecule has 1 aromatic heterocycles. The molecule has 0 spiro atoms. The Hall–Kier alpha value is -3.86. The highest BCUT2D eigenvalue weighted by molar-refractivity contribution is 9.10. The van der Waals surface area contributed by atoms with Crippen LogP contribution in [0.15, 0.2) is 93.2 Å². The summed E-state index contributed by atoms with van der Waals surface area (Å²) in [5, 5.41) is 5.59. The van der Waals surface area contributed by atoms with Crippen LogP contribution < -0.4 is 15.0 Å². The normalized spacial score (nSPS) is 11.8. The van der Waals surface area contributed by atoms with Crippen molar-refractivity contribution in [2.45, 2.75) is 19.7 Å². The third kappa shape index (κ3) is 6.87. The lowest BCUT2D eigenvalue weighted by Gasteiger charge is -2.15. The summed E-state index contributed by atoms with van der Waals surface area (Å²) in [5.74, 6) is 0.764. The molecule has 0 saturated heterocycles. The number of para-hydroxylation sites is 1. The van der Waals surface area contributed by atoms with E-state index in [1.165, 1.54) is 18.3 Å². The SMILES string of the molecule is CCOc1cc(C=Nn2c(-c3cccc(C(F)(F)F)c3)nc3ccccc3c2=O)cc(Br)c1OCc1ccc(Cl)cc1Cl. The fourth-order valence-corrected chi connectivity index (χ4v) is 5.27. The molecule has 0 aliphatic rings. The highest BCUT2D eigenvalue weighted by Gasteiger charge is 2.31. The van der Waals surface area contributed by atoms with Gasteiger partial charge in [0.1, 0.15) is 6.61 Å². The molecule has 0 saturated carbocycles. The van der Waals surface area contributed by atoms with Gasteiger partial charge < -0.3 is 9.47 Å². The van der Waals surface area contributed by atoms with Gasteiger partial charge in [0, 0.05) is 21.2 Å². The molecule has 0 aliphatic carbocycles. The first-order chi connectivity index (χ1) is 20.5. The predicted octanol–water partition coefficient (Wildman–Crippen LogP) is 9.01. The Morgan fingerprint density at radius 2 is 1.79 bits per heavy atom. The second-order valence-electron chi connectivity index (χ2n) is 9.18. The molecule has 0 atom stereocenters. The number of halogens is 6. The van der Waals surface area contributed by atoms with Gasteiger partial charge in [0.05, 0.1) is 33.8 Å². The highest BCUT2D eigenvalue weighted by atomic mass is 79.9. The van der Waals surface area contributed by atoms with Crippen LogP contribution in [0.3, 0.4) is 0 Å². The van der Waals surface area contributed by atoms with E-state index in [0.717, 1.165) is 22.4 Å². The minimum atomic E-state index is -4.58. The van der Waals surface area contributed by atoms with Crippen molar-refractivity contribution in [3.63, 3.8) is 0 Å². The highest BCUT2D eigenvalue weighted by Crippen LogP contribution is 2.38. The van der Waals surface area contributed by atoms with Crippen LogP contribution in [0.5, 0.6) is 11.5 Å². The Labute approximate surface area is 262 Å². The molecule has 5 aromatic rings. The van der Waals surface area contributed by atoms with E-state index >= 15 is 0 Å². The maximum absolute atomic E-state index is 13.5. The van der Waals surface area contributed by atoms with E-state index in [1.807, 2.05) is 6.92 Å². The number of aromatic nitrogens is 2. The van der Waals surface area contributed by atoms with Crippen molar-refractivity contribution in [2.75, 3.05) is 6.61 Å². The van der Waals surface area contributed by atoms with Gasteiger partial charge in [-0.25, -0.2) is 4.98 Å². The smallest absolute Gasteiger partial charge is 0.416 e. The molecule has 43 heavy (non-hydrogen) atoms. The zero-order chi connectivity index (χ0) is 30.7. The van der Waals surface area contributed by atoms with Gasteiger partial charge in [-0.1, -0.05) is 53.5 Å². The van der Waals surface area contributed by atoms with E-state index in [4.69, 9.17) is 32.7 Å². The minimum absolute atomic E-state index is 0.0463.